The Hall–Kier alpha value is -1.43. The van der Waals surface area contributed by atoms with Crippen LogP contribution in [0.3, 0.4) is 0 Å². The molecule has 0 radical (unpaired) electrons. The summed E-state index contributed by atoms with van der Waals surface area (Å²) in [5, 5.41) is 6.92. The predicted octanol–water partition coefficient (Wildman–Crippen LogP) is 0.851. The number of rotatable bonds is 3. The average molecular weight is 263 g/mol. The lowest BCUT2D eigenvalue weighted by Gasteiger charge is -2.36. The summed E-state index contributed by atoms with van der Waals surface area (Å²) in [6, 6.07) is 0.813. The molecule has 6 heteroatoms. The van der Waals surface area contributed by atoms with Gasteiger partial charge in [-0.2, -0.15) is 0 Å². The molecule has 19 heavy (non-hydrogen) atoms. The van der Waals surface area contributed by atoms with Crippen molar-refractivity contribution in [1.82, 2.24) is 20.1 Å². The maximum Gasteiger partial charge on any atom is 0.294 e. The van der Waals surface area contributed by atoms with Crippen molar-refractivity contribution < 1.29 is 4.79 Å². The fourth-order valence-corrected chi connectivity index (χ4v) is 3.41. The van der Waals surface area contributed by atoms with Crippen LogP contribution in [-0.2, 0) is 6.42 Å². The molecule has 0 aliphatic carbocycles. The summed E-state index contributed by atoms with van der Waals surface area (Å²) in [6.07, 6.45) is 5.78. The standard InChI is InChI=1S/C13H21N5O/c1-2-3-11-15-12(17-16-11)13(19)18-9-4-5-10(18)7-8(14)6-9/h8-10H,2-7,14H2,1H3,(H,15,16,17). The van der Waals surface area contributed by atoms with Gasteiger partial charge < -0.3 is 10.6 Å². The minimum atomic E-state index is -0.0296. The zero-order valence-corrected chi connectivity index (χ0v) is 11.3. The van der Waals surface area contributed by atoms with Crippen LogP contribution in [0, 0.1) is 0 Å². The van der Waals surface area contributed by atoms with Crippen LogP contribution in [-0.4, -0.2) is 44.1 Å². The van der Waals surface area contributed by atoms with Crippen molar-refractivity contribution in [3.8, 4) is 0 Å². The lowest BCUT2D eigenvalue weighted by Crippen LogP contribution is -2.50. The Balaban J connectivity index is 1.76. The summed E-state index contributed by atoms with van der Waals surface area (Å²) >= 11 is 0. The average Bonchev–Trinajstić information content (AvgIpc) is 2.93. The SMILES string of the molecule is CCCc1nc(C(=O)N2C3CCC2CC(N)C3)n[nH]1. The molecule has 3 N–H and O–H groups in total. The number of aryl methyl sites for hydroxylation is 1. The van der Waals surface area contributed by atoms with Crippen molar-refractivity contribution in [2.75, 3.05) is 0 Å². The molecule has 2 aliphatic rings. The zero-order chi connectivity index (χ0) is 13.4. The van der Waals surface area contributed by atoms with E-state index in [2.05, 4.69) is 22.1 Å². The third-order valence-electron chi connectivity index (χ3n) is 4.21. The van der Waals surface area contributed by atoms with E-state index in [0.29, 0.717) is 5.82 Å². The number of carbonyl (C=O) groups excluding carboxylic acids is 1. The number of aromatic amines is 1. The second kappa shape index (κ2) is 4.92. The van der Waals surface area contributed by atoms with Crippen LogP contribution < -0.4 is 5.73 Å². The van der Waals surface area contributed by atoms with Crippen LogP contribution >= 0.6 is 0 Å². The largest absolute Gasteiger partial charge is 0.330 e. The van der Waals surface area contributed by atoms with Crippen molar-refractivity contribution in [3.05, 3.63) is 11.6 Å². The molecule has 104 valence electrons. The van der Waals surface area contributed by atoms with Gasteiger partial charge in [-0.3, -0.25) is 9.89 Å². The number of hydrogen-bond donors (Lipinski definition) is 2. The third kappa shape index (κ3) is 2.25. The van der Waals surface area contributed by atoms with Gasteiger partial charge in [-0.25, -0.2) is 4.98 Å². The first kappa shape index (κ1) is 12.6. The van der Waals surface area contributed by atoms with Crippen molar-refractivity contribution in [2.24, 2.45) is 5.73 Å². The molecule has 2 bridgehead atoms. The number of aromatic nitrogens is 3. The quantitative estimate of drug-likeness (QED) is 0.846. The summed E-state index contributed by atoms with van der Waals surface area (Å²) in [6.45, 7) is 2.08. The highest BCUT2D eigenvalue weighted by molar-refractivity contribution is 5.91. The topological polar surface area (TPSA) is 87.9 Å². The van der Waals surface area contributed by atoms with Gasteiger partial charge in [-0.05, 0) is 32.1 Å². The molecular formula is C13H21N5O. The van der Waals surface area contributed by atoms with Gasteiger partial charge in [0, 0.05) is 24.5 Å². The third-order valence-corrected chi connectivity index (χ3v) is 4.21. The molecule has 2 unspecified atom stereocenters. The van der Waals surface area contributed by atoms with E-state index in [4.69, 9.17) is 5.73 Å². The molecule has 2 aliphatic heterocycles. The van der Waals surface area contributed by atoms with E-state index in [1.165, 1.54) is 0 Å². The van der Waals surface area contributed by atoms with Crippen LogP contribution in [0.15, 0.2) is 0 Å². The molecule has 0 aromatic carbocycles. The molecule has 2 fully saturated rings. The van der Waals surface area contributed by atoms with Crippen molar-refractivity contribution in [3.63, 3.8) is 0 Å². The monoisotopic (exact) mass is 263 g/mol. The second-order valence-corrected chi connectivity index (χ2v) is 5.68. The fraction of sp³-hybridized carbons (Fsp3) is 0.769. The van der Waals surface area contributed by atoms with Crippen molar-refractivity contribution >= 4 is 5.91 Å². The van der Waals surface area contributed by atoms with Gasteiger partial charge in [0.2, 0.25) is 5.82 Å². The number of H-pyrrole nitrogens is 1. The Kier molecular flexibility index (Phi) is 3.26. The van der Waals surface area contributed by atoms with Crippen molar-refractivity contribution in [1.29, 1.82) is 0 Å². The lowest BCUT2D eigenvalue weighted by molar-refractivity contribution is 0.0562. The van der Waals surface area contributed by atoms with Gasteiger partial charge in [-0.1, -0.05) is 6.92 Å². The smallest absolute Gasteiger partial charge is 0.294 e. The Morgan fingerprint density at radius 3 is 2.74 bits per heavy atom. The molecule has 0 spiro atoms. The molecule has 6 nitrogen and oxygen atoms in total. The van der Waals surface area contributed by atoms with Gasteiger partial charge in [0.15, 0.2) is 0 Å². The maximum absolute atomic E-state index is 12.5. The minimum absolute atomic E-state index is 0.0296. The number of nitrogens with one attached hydrogen (secondary N) is 1. The number of carbonyl (C=O) groups is 1. The van der Waals surface area contributed by atoms with Gasteiger partial charge in [-0.15, -0.1) is 5.10 Å². The van der Waals surface area contributed by atoms with Crippen LogP contribution in [0.25, 0.3) is 0 Å². The Morgan fingerprint density at radius 2 is 2.11 bits per heavy atom. The normalized spacial score (nSPS) is 29.8. The number of amides is 1. The van der Waals surface area contributed by atoms with Crippen LogP contribution in [0.4, 0.5) is 0 Å². The van der Waals surface area contributed by atoms with E-state index in [-0.39, 0.29) is 24.0 Å². The van der Waals surface area contributed by atoms with E-state index in [9.17, 15) is 4.79 Å². The summed E-state index contributed by atoms with van der Waals surface area (Å²) < 4.78 is 0. The van der Waals surface area contributed by atoms with Crippen LogP contribution in [0.5, 0.6) is 0 Å². The number of nitrogens with two attached hydrogens (primary N) is 1. The van der Waals surface area contributed by atoms with Gasteiger partial charge in [0.25, 0.3) is 5.91 Å². The molecule has 2 saturated heterocycles. The Labute approximate surface area is 112 Å². The summed E-state index contributed by atoms with van der Waals surface area (Å²) in [5.41, 5.74) is 6.02. The molecule has 1 aromatic rings. The number of fused-ring (bicyclic) bond motifs is 2. The van der Waals surface area contributed by atoms with Crippen LogP contribution in [0.1, 0.15) is 55.5 Å². The Morgan fingerprint density at radius 1 is 1.42 bits per heavy atom. The van der Waals surface area contributed by atoms with E-state index >= 15 is 0 Å². The van der Waals surface area contributed by atoms with E-state index < -0.39 is 0 Å². The van der Waals surface area contributed by atoms with E-state index in [1.54, 1.807) is 0 Å². The molecule has 1 amide bonds. The summed E-state index contributed by atoms with van der Waals surface area (Å²) in [7, 11) is 0. The molecule has 3 heterocycles. The highest BCUT2D eigenvalue weighted by Crippen LogP contribution is 2.35. The second-order valence-electron chi connectivity index (χ2n) is 5.68. The van der Waals surface area contributed by atoms with Gasteiger partial charge >= 0.3 is 0 Å². The van der Waals surface area contributed by atoms with Crippen molar-refractivity contribution in [2.45, 2.75) is 63.6 Å². The lowest BCUT2D eigenvalue weighted by atomic mass is 9.98. The number of hydrogen-bond acceptors (Lipinski definition) is 4. The maximum atomic E-state index is 12.5. The molecular weight excluding hydrogens is 242 g/mol. The van der Waals surface area contributed by atoms with Gasteiger partial charge in [0.1, 0.15) is 5.82 Å². The predicted molar refractivity (Wildman–Crippen MR) is 70.6 cm³/mol. The molecule has 2 atom stereocenters. The first-order valence-corrected chi connectivity index (χ1v) is 7.18. The zero-order valence-electron chi connectivity index (χ0n) is 11.3. The highest BCUT2D eigenvalue weighted by atomic mass is 16.2. The number of piperidine rings is 1. The first-order valence-electron chi connectivity index (χ1n) is 7.18. The highest BCUT2D eigenvalue weighted by Gasteiger charge is 2.43. The van der Waals surface area contributed by atoms with Gasteiger partial charge in [0.05, 0.1) is 0 Å². The summed E-state index contributed by atoms with van der Waals surface area (Å²) in [4.78, 5) is 18.8. The minimum Gasteiger partial charge on any atom is -0.330 e. The Bertz CT molecular complexity index is 457. The van der Waals surface area contributed by atoms with E-state index in [0.717, 1.165) is 44.3 Å². The molecule has 0 saturated carbocycles. The summed E-state index contributed by atoms with van der Waals surface area (Å²) in [5.74, 6) is 1.08. The van der Waals surface area contributed by atoms with Crippen LogP contribution in [0.2, 0.25) is 0 Å². The fourth-order valence-electron chi connectivity index (χ4n) is 3.41. The first-order chi connectivity index (χ1) is 9.19. The number of nitrogens with zero attached hydrogens (tertiary/aromatic N) is 3. The molecule has 1 aromatic heterocycles. The van der Waals surface area contributed by atoms with E-state index in [1.807, 2.05) is 4.90 Å². The molecule has 3 rings (SSSR count).